The summed E-state index contributed by atoms with van der Waals surface area (Å²) in [5.41, 5.74) is 5.01. The zero-order chi connectivity index (χ0) is 14.9. The normalized spacial score (nSPS) is 19.1. The highest BCUT2D eigenvalue weighted by atomic mass is 32.2. The van der Waals surface area contributed by atoms with E-state index in [0.29, 0.717) is 12.8 Å². The summed E-state index contributed by atoms with van der Waals surface area (Å²) in [6.45, 7) is -0.128. The maximum absolute atomic E-state index is 13.6. The van der Waals surface area contributed by atoms with Crippen LogP contribution in [-0.2, 0) is 14.8 Å². The molecule has 1 aromatic rings. The molecule has 1 aromatic carbocycles. The van der Waals surface area contributed by atoms with Crippen LogP contribution in [0.2, 0.25) is 0 Å². The average Bonchev–Trinajstić information content (AvgIpc) is 2.71. The predicted octanol–water partition coefficient (Wildman–Crippen LogP) is 0.104. The van der Waals surface area contributed by atoms with Gasteiger partial charge in [0.15, 0.2) is 4.90 Å². The maximum Gasteiger partial charge on any atom is 0.246 e. The van der Waals surface area contributed by atoms with Crippen LogP contribution in [0.3, 0.4) is 0 Å². The largest absolute Gasteiger partial charge is 0.399 e. The number of benzene rings is 1. The van der Waals surface area contributed by atoms with Crippen LogP contribution >= 0.6 is 0 Å². The molecule has 20 heavy (non-hydrogen) atoms. The van der Waals surface area contributed by atoms with Crippen LogP contribution in [-0.4, -0.2) is 26.9 Å². The van der Waals surface area contributed by atoms with E-state index >= 15 is 0 Å². The van der Waals surface area contributed by atoms with Crippen LogP contribution in [0.25, 0.3) is 0 Å². The van der Waals surface area contributed by atoms with Gasteiger partial charge in [-0.15, -0.1) is 0 Å². The van der Waals surface area contributed by atoms with Crippen LogP contribution in [0.4, 0.5) is 14.5 Å². The lowest BCUT2D eigenvalue weighted by atomic mass is 10.2. The molecule has 110 valence electrons. The highest BCUT2D eigenvalue weighted by Crippen LogP contribution is 2.21. The fraction of sp³-hybridized carbons (Fsp3) is 0.364. The number of hydrogen-bond donors (Lipinski definition) is 3. The Morgan fingerprint density at radius 1 is 1.35 bits per heavy atom. The van der Waals surface area contributed by atoms with Crippen molar-refractivity contribution in [1.82, 2.24) is 10.0 Å². The van der Waals surface area contributed by atoms with Crippen molar-refractivity contribution in [1.29, 1.82) is 0 Å². The molecule has 1 fully saturated rings. The number of carbonyl (C=O) groups excluding carboxylic acids is 1. The van der Waals surface area contributed by atoms with Gasteiger partial charge >= 0.3 is 0 Å². The van der Waals surface area contributed by atoms with Crippen LogP contribution in [0.15, 0.2) is 17.0 Å². The van der Waals surface area contributed by atoms with E-state index in [4.69, 9.17) is 5.73 Å². The first kappa shape index (κ1) is 14.7. The second-order valence-corrected chi connectivity index (χ2v) is 6.17. The highest BCUT2D eigenvalue weighted by molar-refractivity contribution is 7.89. The molecule has 0 saturated carbocycles. The molecule has 4 N–H and O–H groups in total. The standard InChI is InChI=1S/C11H13F2N3O3S/c12-8-3-6(14)4-9(13)11(8)20(18,19)15-5-7-1-2-10(17)16-7/h3-4,7,15H,1-2,5,14H2,(H,16,17). The van der Waals surface area contributed by atoms with Crippen molar-refractivity contribution >= 4 is 21.6 Å². The number of amides is 1. The Morgan fingerprint density at radius 3 is 2.45 bits per heavy atom. The Balaban J connectivity index is 2.16. The second-order valence-electron chi connectivity index (χ2n) is 4.47. The Bertz CT molecular complexity index is 625. The van der Waals surface area contributed by atoms with E-state index in [1.54, 1.807) is 0 Å². The summed E-state index contributed by atoms with van der Waals surface area (Å²) < 4.78 is 53.0. The number of halogens is 2. The quantitative estimate of drug-likeness (QED) is 0.687. The van der Waals surface area contributed by atoms with Crippen LogP contribution in [0.5, 0.6) is 0 Å². The molecule has 1 aliphatic heterocycles. The first-order valence-electron chi connectivity index (χ1n) is 5.83. The van der Waals surface area contributed by atoms with Crippen LogP contribution < -0.4 is 15.8 Å². The molecular weight excluding hydrogens is 292 g/mol. The van der Waals surface area contributed by atoms with Crippen LogP contribution in [0, 0.1) is 11.6 Å². The SMILES string of the molecule is Nc1cc(F)c(S(=O)(=O)NCC2CCC(=O)N2)c(F)c1. The molecule has 0 aromatic heterocycles. The van der Waals surface area contributed by atoms with Crippen molar-refractivity contribution < 1.29 is 22.0 Å². The molecule has 0 aliphatic carbocycles. The van der Waals surface area contributed by atoms with E-state index in [-0.39, 0.29) is 24.2 Å². The molecule has 2 rings (SSSR count). The summed E-state index contributed by atoms with van der Waals surface area (Å²) in [7, 11) is -4.35. The van der Waals surface area contributed by atoms with Gasteiger partial charge in [-0.25, -0.2) is 21.9 Å². The summed E-state index contributed by atoms with van der Waals surface area (Å²) in [6.07, 6.45) is 0.769. The Morgan fingerprint density at radius 2 is 1.95 bits per heavy atom. The second kappa shape index (κ2) is 5.33. The number of sulfonamides is 1. The van der Waals surface area contributed by atoms with E-state index in [2.05, 4.69) is 10.0 Å². The minimum atomic E-state index is -4.35. The molecule has 1 atom stereocenters. The molecule has 0 radical (unpaired) electrons. The summed E-state index contributed by atoms with van der Waals surface area (Å²) >= 11 is 0. The monoisotopic (exact) mass is 305 g/mol. The van der Waals surface area contributed by atoms with E-state index in [0.717, 1.165) is 12.1 Å². The number of anilines is 1. The Hall–Kier alpha value is -1.74. The van der Waals surface area contributed by atoms with Gasteiger partial charge in [-0.05, 0) is 18.6 Å². The van der Waals surface area contributed by atoms with Crippen molar-refractivity contribution in [3.05, 3.63) is 23.8 Å². The fourth-order valence-electron chi connectivity index (χ4n) is 1.95. The van der Waals surface area contributed by atoms with E-state index in [1.165, 1.54) is 0 Å². The van der Waals surface area contributed by atoms with Crippen molar-refractivity contribution in [3.63, 3.8) is 0 Å². The van der Waals surface area contributed by atoms with Crippen molar-refractivity contribution in [3.8, 4) is 0 Å². The molecule has 9 heteroatoms. The summed E-state index contributed by atoms with van der Waals surface area (Å²) in [5, 5.41) is 2.54. The van der Waals surface area contributed by atoms with Gasteiger partial charge < -0.3 is 11.1 Å². The van der Waals surface area contributed by atoms with Gasteiger partial charge in [0, 0.05) is 24.7 Å². The lowest BCUT2D eigenvalue weighted by molar-refractivity contribution is -0.119. The molecule has 1 aliphatic rings. The minimum absolute atomic E-state index is 0.128. The molecule has 1 heterocycles. The third kappa shape index (κ3) is 3.05. The van der Waals surface area contributed by atoms with Crippen molar-refractivity contribution in [2.24, 2.45) is 0 Å². The summed E-state index contributed by atoms with van der Waals surface area (Å²) in [5.74, 6) is -2.70. The molecule has 1 saturated heterocycles. The van der Waals surface area contributed by atoms with Gasteiger partial charge in [0.05, 0.1) is 0 Å². The molecule has 0 bridgehead atoms. The van der Waals surface area contributed by atoms with Gasteiger partial charge in [-0.1, -0.05) is 0 Å². The third-order valence-corrected chi connectivity index (χ3v) is 4.37. The number of nitrogens with one attached hydrogen (secondary N) is 2. The Labute approximate surface area is 114 Å². The zero-order valence-corrected chi connectivity index (χ0v) is 11.1. The smallest absolute Gasteiger partial charge is 0.246 e. The van der Waals surface area contributed by atoms with E-state index < -0.39 is 26.6 Å². The van der Waals surface area contributed by atoms with Gasteiger partial charge in [-0.3, -0.25) is 4.79 Å². The van der Waals surface area contributed by atoms with Gasteiger partial charge in [0.2, 0.25) is 15.9 Å². The van der Waals surface area contributed by atoms with Gasteiger partial charge in [0.1, 0.15) is 11.6 Å². The number of carbonyl (C=O) groups is 1. The molecule has 1 unspecified atom stereocenters. The first-order chi connectivity index (χ1) is 9.29. The van der Waals surface area contributed by atoms with E-state index in [9.17, 15) is 22.0 Å². The van der Waals surface area contributed by atoms with E-state index in [1.807, 2.05) is 0 Å². The lowest BCUT2D eigenvalue weighted by Gasteiger charge is -2.13. The Kier molecular flexibility index (Phi) is 3.91. The average molecular weight is 305 g/mol. The maximum atomic E-state index is 13.6. The third-order valence-electron chi connectivity index (χ3n) is 2.89. The van der Waals surface area contributed by atoms with Crippen molar-refractivity contribution in [2.75, 3.05) is 12.3 Å². The van der Waals surface area contributed by atoms with Crippen molar-refractivity contribution in [2.45, 2.75) is 23.8 Å². The number of nitrogen functional groups attached to an aromatic ring is 1. The fourth-order valence-corrected chi connectivity index (χ4v) is 3.15. The number of hydrogen-bond acceptors (Lipinski definition) is 4. The van der Waals surface area contributed by atoms with Gasteiger partial charge in [0.25, 0.3) is 0 Å². The topological polar surface area (TPSA) is 101 Å². The first-order valence-corrected chi connectivity index (χ1v) is 7.31. The number of rotatable bonds is 4. The lowest BCUT2D eigenvalue weighted by Crippen LogP contribution is -2.38. The minimum Gasteiger partial charge on any atom is -0.399 e. The number of nitrogens with two attached hydrogens (primary N) is 1. The zero-order valence-electron chi connectivity index (χ0n) is 10.3. The van der Waals surface area contributed by atoms with Gasteiger partial charge in [-0.2, -0.15) is 0 Å². The molecule has 0 spiro atoms. The molecular formula is C11H13F2N3O3S. The predicted molar refractivity (Wildman–Crippen MR) is 67.1 cm³/mol. The summed E-state index contributed by atoms with van der Waals surface area (Å²) in [6, 6.07) is 1.08. The van der Waals surface area contributed by atoms with Crippen LogP contribution in [0.1, 0.15) is 12.8 Å². The summed E-state index contributed by atoms with van der Waals surface area (Å²) in [4.78, 5) is 9.90. The molecule has 1 amide bonds. The highest BCUT2D eigenvalue weighted by Gasteiger charge is 2.27. The molecule has 6 nitrogen and oxygen atoms in total.